The fourth-order valence-electron chi connectivity index (χ4n) is 3.27. The molecule has 1 aromatic rings. The Balaban J connectivity index is 1.88. The van der Waals surface area contributed by atoms with Crippen LogP contribution in [0.15, 0.2) is 18.2 Å². The summed E-state index contributed by atoms with van der Waals surface area (Å²) in [5.41, 5.74) is 3.05. The van der Waals surface area contributed by atoms with Gasteiger partial charge in [0.1, 0.15) is 6.42 Å². The molecule has 0 radical (unpaired) electrons. The summed E-state index contributed by atoms with van der Waals surface area (Å²) in [6, 6.07) is 6.10. The predicted molar refractivity (Wildman–Crippen MR) is 108 cm³/mol. The number of ether oxygens (including phenoxy) is 1. The van der Waals surface area contributed by atoms with Crippen LogP contribution in [0.2, 0.25) is 0 Å². The average Bonchev–Trinajstić information content (AvgIpc) is 2.62. The van der Waals surface area contributed by atoms with Gasteiger partial charge in [0.05, 0.1) is 13.2 Å². The van der Waals surface area contributed by atoms with Crippen LogP contribution >= 0.6 is 0 Å². The molecule has 0 aromatic heterocycles. The smallest absolute Gasteiger partial charge is 0.233 e. The third-order valence-corrected chi connectivity index (χ3v) is 4.81. The maximum absolute atomic E-state index is 12.4. The minimum atomic E-state index is -0.270. The number of amides is 2. The van der Waals surface area contributed by atoms with Crippen LogP contribution in [-0.4, -0.2) is 56.1 Å². The van der Waals surface area contributed by atoms with Crippen LogP contribution in [-0.2, 0) is 14.3 Å². The first-order chi connectivity index (χ1) is 12.9. The summed E-state index contributed by atoms with van der Waals surface area (Å²) in [5.74, 6) is 0.0745. The van der Waals surface area contributed by atoms with Gasteiger partial charge < -0.3 is 15.4 Å². The van der Waals surface area contributed by atoms with Gasteiger partial charge in [-0.3, -0.25) is 14.5 Å². The van der Waals surface area contributed by atoms with E-state index in [1.165, 1.54) is 0 Å². The highest BCUT2D eigenvalue weighted by Crippen LogP contribution is 2.32. The van der Waals surface area contributed by atoms with Crippen molar-refractivity contribution < 1.29 is 14.3 Å². The first-order valence-electron chi connectivity index (χ1n) is 9.88. The molecule has 0 aliphatic carbocycles. The SMILES string of the molecule is CC(C)c1cccc(C(C)C)c1NC(=O)CC(=O)NCCN1CCOCC1. The molecule has 0 bridgehead atoms. The van der Waals surface area contributed by atoms with Crippen molar-refractivity contribution in [2.45, 2.75) is 46.0 Å². The number of anilines is 1. The Bertz CT molecular complexity index is 611. The Hall–Kier alpha value is -1.92. The number of hydrogen-bond acceptors (Lipinski definition) is 4. The summed E-state index contributed by atoms with van der Waals surface area (Å²) in [7, 11) is 0. The van der Waals surface area contributed by atoms with Crippen molar-refractivity contribution in [2.24, 2.45) is 0 Å². The fraction of sp³-hybridized carbons (Fsp3) is 0.619. The van der Waals surface area contributed by atoms with E-state index in [1.807, 2.05) is 18.2 Å². The minimum absolute atomic E-state index is 0.160. The lowest BCUT2D eigenvalue weighted by atomic mass is 9.92. The molecule has 1 aliphatic heterocycles. The van der Waals surface area contributed by atoms with E-state index in [1.54, 1.807) is 0 Å². The first kappa shape index (κ1) is 21.4. The molecule has 1 heterocycles. The number of rotatable bonds is 8. The molecule has 0 saturated carbocycles. The summed E-state index contributed by atoms with van der Waals surface area (Å²) >= 11 is 0. The van der Waals surface area contributed by atoms with Gasteiger partial charge in [0.2, 0.25) is 11.8 Å². The normalized spacial score (nSPS) is 15.2. The number of carbonyl (C=O) groups is 2. The van der Waals surface area contributed by atoms with Crippen LogP contribution in [0.1, 0.15) is 57.1 Å². The van der Waals surface area contributed by atoms with E-state index >= 15 is 0 Å². The number of benzene rings is 1. The van der Waals surface area contributed by atoms with Gasteiger partial charge >= 0.3 is 0 Å². The largest absolute Gasteiger partial charge is 0.379 e. The summed E-state index contributed by atoms with van der Waals surface area (Å²) in [4.78, 5) is 26.8. The second-order valence-corrected chi connectivity index (χ2v) is 7.65. The minimum Gasteiger partial charge on any atom is -0.379 e. The molecule has 0 spiro atoms. The maximum atomic E-state index is 12.4. The number of hydrogen-bond donors (Lipinski definition) is 2. The number of carbonyl (C=O) groups excluding carboxylic acids is 2. The maximum Gasteiger partial charge on any atom is 0.233 e. The quantitative estimate of drug-likeness (QED) is 0.686. The number of nitrogens with one attached hydrogen (secondary N) is 2. The highest BCUT2D eigenvalue weighted by molar-refractivity contribution is 6.04. The van der Waals surface area contributed by atoms with Crippen LogP contribution in [0.5, 0.6) is 0 Å². The van der Waals surface area contributed by atoms with Crippen LogP contribution in [0.4, 0.5) is 5.69 Å². The number of nitrogens with zero attached hydrogens (tertiary/aromatic N) is 1. The second kappa shape index (κ2) is 10.4. The van der Waals surface area contributed by atoms with Crippen LogP contribution in [0, 0.1) is 0 Å². The van der Waals surface area contributed by atoms with Gasteiger partial charge in [-0.1, -0.05) is 45.9 Å². The molecule has 1 aliphatic rings. The first-order valence-corrected chi connectivity index (χ1v) is 9.88. The van der Waals surface area contributed by atoms with E-state index < -0.39 is 0 Å². The third-order valence-electron chi connectivity index (χ3n) is 4.81. The Kier molecular flexibility index (Phi) is 8.25. The van der Waals surface area contributed by atoms with Gasteiger partial charge in [0, 0.05) is 31.9 Å². The monoisotopic (exact) mass is 375 g/mol. The molecule has 0 unspecified atom stereocenters. The summed E-state index contributed by atoms with van der Waals surface area (Å²) in [6.45, 7) is 13.0. The molecule has 2 rings (SSSR count). The van der Waals surface area contributed by atoms with Gasteiger partial charge in [0.15, 0.2) is 0 Å². The van der Waals surface area contributed by atoms with Crippen molar-refractivity contribution in [2.75, 3.05) is 44.7 Å². The van der Waals surface area contributed by atoms with Gasteiger partial charge in [0.25, 0.3) is 0 Å². The average molecular weight is 376 g/mol. The van der Waals surface area contributed by atoms with Crippen molar-refractivity contribution in [3.8, 4) is 0 Å². The molecule has 1 fully saturated rings. The van der Waals surface area contributed by atoms with Crippen molar-refractivity contribution in [3.05, 3.63) is 29.3 Å². The Labute approximate surface area is 162 Å². The lowest BCUT2D eigenvalue weighted by Gasteiger charge is -2.26. The Morgan fingerprint density at radius 2 is 1.63 bits per heavy atom. The molecule has 6 nitrogen and oxygen atoms in total. The van der Waals surface area contributed by atoms with Crippen molar-refractivity contribution in [1.29, 1.82) is 0 Å². The lowest BCUT2D eigenvalue weighted by molar-refractivity contribution is -0.126. The van der Waals surface area contributed by atoms with E-state index in [9.17, 15) is 9.59 Å². The van der Waals surface area contributed by atoms with Gasteiger partial charge in [-0.25, -0.2) is 0 Å². The van der Waals surface area contributed by atoms with Crippen molar-refractivity contribution >= 4 is 17.5 Å². The molecule has 6 heteroatoms. The summed E-state index contributed by atoms with van der Waals surface area (Å²) in [6.07, 6.45) is -0.160. The molecule has 0 atom stereocenters. The van der Waals surface area contributed by atoms with Crippen molar-refractivity contribution in [3.63, 3.8) is 0 Å². The summed E-state index contributed by atoms with van der Waals surface area (Å²) < 4.78 is 5.31. The molecule has 150 valence electrons. The van der Waals surface area contributed by atoms with Gasteiger partial charge in [-0.15, -0.1) is 0 Å². The van der Waals surface area contributed by atoms with Crippen LogP contribution in [0.25, 0.3) is 0 Å². The zero-order valence-corrected chi connectivity index (χ0v) is 17.0. The molecule has 2 N–H and O–H groups in total. The lowest BCUT2D eigenvalue weighted by Crippen LogP contribution is -2.41. The van der Waals surface area contributed by atoms with E-state index in [2.05, 4.69) is 43.2 Å². The fourth-order valence-corrected chi connectivity index (χ4v) is 3.27. The third kappa shape index (κ3) is 6.63. The molecule has 2 amide bonds. The van der Waals surface area contributed by atoms with Crippen LogP contribution < -0.4 is 10.6 Å². The molecule has 1 saturated heterocycles. The zero-order chi connectivity index (χ0) is 19.8. The molecular formula is C21H33N3O3. The number of morpholine rings is 1. The second-order valence-electron chi connectivity index (χ2n) is 7.65. The Morgan fingerprint density at radius 1 is 1.04 bits per heavy atom. The van der Waals surface area contributed by atoms with E-state index in [0.717, 1.165) is 49.7 Å². The zero-order valence-electron chi connectivity index (χ0n) is 17.0. The molecular weight excluding hydrogens is 342 g/mol. The summed E-state index contributed by atoms with van der Waals surface area (Å²) in [5, 5.41) is 5.82. The van der Waals surface area contributed by atoms with Gasteiger partial charge in [-0.2, -0.15) is 0 Å². The highest BCUT2D eigenvalue weighted by atomic mass is 16.5. The topological polar surface area (TPSA) is 70.7 Å². The van der Waals surface area contributed by atoms with Gasteiger partial charge in [-0.05, 0) is 23.0 Å². The standard InChI is InChI=1S/C21H33N3O3/c1-15(2)17-6-5-7-18(16(3)4)21(17)23-20(26)14-19(25)22-8-9-24-10-12-27-13-11-24/h5-7,15-16H,8-14H2,1-4H3,(H,22,25)(H,23,26). The van der Waals surface area contributed by atoms with Crippen molar-refractivity contribution in [1.82, 2.24) is 10.2 Å². The van der Waals surface area contributed by atoms with Crippen LogP contribution in [0.3, 0.4) is 0 Å². The Morgan fingerprint density at radius 3 is 2.19 bits per heavy atom. The molecule has 1 aromatic carbocycles. The highest BCUT2D eigenvalue weighted by Gasteiger charge is 2.18. The van der Waals surface area contributed by atoms with E-state index in [4.69, 9.17) is 4.74 Å². The number of para-hydroxylation sites is 1. The molecule has 27 heavy (non-hydrogen) atoms. The van der Waals surface area contributed by atoms with E-state index in [-0.39, 0.29) is 18.2 Å². The predicted octanol–water partition coefficient (Wildman–Crippen LogP) is 2.71. The van der Waals surface area contributed by atoms with E-state index in [0.29, 0.717) is 18.4 Å².